The topological polar surface area (TPSA) is 52.6 Å². The van der Waals surface area contributed by atoms with Gasteiger partial charge < -0.3 is 9.47 Å². The number of halogens is 3. The highest BCUT2D eigenvalue weighted by molar-refractivity contribution is 6.00. The molecule has 0 fully saturated rings. The fourth-order valence-corrected chi connectivity index (χ4v) is 3.26. The minimum Gasteiger partial charge on any atom is -0.466 e. The first kappa shape index (κ1) is 19.8. The molecule has 0 saturated heterocycles. The fourth-order valence-electron chi connectivity index (χ4n) is 3.26. The number of benzene rings is 1. The molecule has 0 bridgehead atoms. The van der Waals surface area contributed by atoms with Crippen LogP contribution in [-0.4, -0.2) is 26.2 Å². The predicted molar refractivity (Wildman–Crippen MR) is 88.2 cm³/mol. The lowest BCUT2D eigenvalue weighted by Crippen LogP contribution is -2.26. The molecule has 1 aliphatic rings. The molecule has 7 heteroatoms. The van der Waals surface area contributed by atoms with Crippen LogP contribution in [-0.2, 0) is 25.2 Å². The SMILES string of the molecule is COC(=O)C1=C(C)CC(C)=C(C(=O)OC)C1c1cccc(C(F)(F)F)c1. The molecule has 1 aromatic rings. The van der Waals surface area contributed by atoms with E-state index in [1.54, 1.807) is 13.8 Å². The first-order chi connectivity index (χ1) is 12.1. The fraction of sp³-hybridized carbons (Fsp3) is 0.368. The van der Waals surface area contributed by atoms with E-state index in [1.807, 2.05) is 0 Å². The molecule has 0 spiro atoms. The summed E-state index contributed by atoms with van der Waals surface area (Å²) in [5.41, 5.74) is 0.938. The molecule has 2 rings (SSSR count). The summed E-state index contributed by atoms with van der Waals surface area (Å²) in [6.07, 6.45) is -4.20. The molecule has 4 nitrogen and oxygen atoms in total. The van der Waals surface area contributed by atoms with Gasteiger partial charge in [-0.1, -0.05) is 29.3 Å². The average molecular weight is 368 g/mol. The van der Waals surface area contributed by atoms with Crippen LogP contribution in [0.15, 0.2) is 46.6 Å². The highest BCUT2D eigenvalue weighted by atomic mass is 19.4. The Morgan fingerprint density at radius 2 is 1.50 bits per heavy atom. The zero-order chi connectivity index (χ0) is 19.6. The van der Waals surface area contributed by atoms with Gasteiger partial charge in [0.15, 0.2) is 0 Å². The van der Waals surface area contributed by atoms with Crippen LogP contribution in [0.3, 0.4) is 0 Å². The van der Waals surface area contributed by atoms with Gasteiger partial charge in [-0.2, -0.15) is 13.2 Å². The molecule has 0 atom stereocenters. The van der Waals surface area contributed by atoms with Crippen molar-refractivity contribution in [2.24, 2.45) is 0 Å². The van der Waals surface area contributed by atoms with Crippen LogP contribution in [0.1, 0.15) is 37.3 Å². The van der Waals surface area contributed by atoms with Crippen molar-refractivity contribution < 1.29 is 32.2 Å². The summed E-state index contributed by atoms with van der Waals surface area (Å²) in [6, 6.07) is 4.59. The van der Waals surface area contributed by atoms with E-state index in [9.17, 15) is 22.8 Å². The molecule has 1 aromatic carbocycles. The van der Waals surface area contributed by atoms with Gasteiger partial charge in [-0.3, -0.25) is 0 Å². The van der Waals surface area contributed by atoms with Crippen LogP contribution in [0, 0.1) is 0 Å². The number of rotatable bonds is 3. The van der Waals surface area contributed by atoms with Gasteiger partial charge in [-0.25, -0.2) is 9.59 Å². The lowest BCUT2D eigenvalue weighted by Gasteiger charge is -2.29. The van der Waals surface area contributed by atoms with Gasteiger partial charge in [0.25, 0.3) is 0 Å². The van der Waals surface area contributed by atoms with Crippen LogP contribution >= 0.6 is 0 Å². The monoisotopic (exact) mass is 368 g/mol. The number of carbonyl (C=O) groups is 2. The van der Waals surface area contributed by atoms with Crippen molar-refractivity contribution in [2.45, 2.75) is 32.4 Å². The summed E-state index contributed by atoms with van der Waals surface area (Å²) in [5.74, 6) is -2.34. The number of esters is 2. The highest BCUT2D eigenvalue weighted by Crippen LogP contribution is 2.43. The molecule has 0 heterocycles. The van der Waals surface area contributed by atoms with Crippen LogP contribution < -0.4 is 0 Å². The molecule has 0 radical (unpaired) electrons. The van der Waals surface area contributed by atoms with Gasteiger partial charge in [0, 0.05) is 17.1 Å². The molecule has 140 valence electrons. The standard InChI is InChI=1S/C19H19F3O4/c1-10-8-11(2)15(18(24)26-4)16(14(10)17(23)25-3)12-6-5-7-13(9-12)19(20,21)22/h5-7,9,16H,8H2,1-4H3. The second kappa shape index (κ2) is 7.35. The van der Waals surface area contributed by atoms with Gasteiger partial charge in [0.1, 0.15) is 0 Å². The van der Waals surface area contributed by atoms with Crippen LogP contribution in [0.5, 0.6) is 0 Å². The molecule has 0 amide bonds. The van der Waals surface area contributed by atoms with E-state index in [4.69, 9.17) is 9.47 Å². The van der Waals surface area contributed by atoms with E-state index >= 15 is 0 Å². The maximum absolute atomic E-state index is 13.1. The van der Waals surface area contributed by atoms with Gasteiger partial charge in [0.05, 0.1) is 19.8 Å². The van der Waals surface area contributed by atoms with E-state index in [0.29, 0.717) is 17.6 Å². The minimum atomic E-state index is -4.54. The van der Waals surface area contributed by atoms with Crippen molar-refractivity contribution in [1.29, 1.82) is 0 Å². The number of alkyl halides is 3. The van der Waals surface area contributed by atoms with E-state index < -0.39 is 29.6 Å². The van der Waals surface area contributed by atoms with Crippen LogP contribution in [0.25, 0.3) is 0 Å². The Morgan fingerprint density at radius 3 is 1.92 bits per heavy atom. The summed E-state index contributed by atoms with van der Waals surface area (Å²) < 4.78 is 49.0. The molecule has 1 aliphatic carbocycles. The van der Waals surface area contributed by atoms with Gasteiger partial charge in [0.2, 0.25) is 0 Å². The molecular formula is C19H19F3O4. The summed E-state index contributed by atoms with van der Waals surface area (Å²) >= 11 is 0. The van der Waals surface area contributed by atoms with Crippen molar-refractivity contribution in [3.05, 3.63) is 57.7 Å². The lowest BCUT2D eigenvalue weighted by atomic mass is 9.74. The summed E-state index contributed by atoms with van der Waals surface area (Å²) in [6.45, 7) is 3.40. The second-order valence-corrected chi connectivity index (χ2v) is 6.10. The highest BCUT2D eigenvalue weighted by Gasteiger charge is 2.38. The number of hydrogen-bond acceptors (Lipinski definition) is 4. The molecule has 26 heavy (non-hydrogen) atoms. The molecule has 0 saturated carbocycles. The van der Waals surface area contributed by atoms with Crippen molar-refractivity contribution in [1.82, 2.24) is 0 Å². The summed E-state index contributed by atoms with van der Waals surface area (Å²) in [4.78, 5) is 24.7. The number of ether oxygens (including phenoxy) is 2. The quantitative estimate of drug-likeness (QED) is 0.752. The smallest absolute Gasteiger partial charge is 0.416 e. The Labute approximate surface area is 149 Å². The van der Waals surface area contributed by atoms with E-state index in [2.05, 4.69) is 0 Å². The molecular weight excluding hydrogens is 349 g/mol. The van der Waals surface area contributed by atoms with Crippen LogP contribution in [0.2, 0.25) is 0 Å². The Balaban J connectivity index is 2.73. The van der Waals surface area contributed by atoms with Crippen LogP contribution in [0.4, 0.5) is 13.2 Å². The van der Waals surface area contributed by atoms with E-state index in [0.717, 1.165) is 12.1 Å². The van der Waals surface area contributed by atoms with Crippen molar-refractivity contribution in [2.75, 3.05) is 14.2 Å². The molecule has 0 aromatic heterocycles. The molecule has 0 unspecified atom stereocenters. The third-order valence-corrected chi connectivity index (χ3v) is 4.39. The number of methoxy groups -OCH3 is 2. The Morgan fingerprint density at radius 1 is 1.00 bits per heavy atom. The Hall–Kier alpha value is -2.57. The first-order valence-corrected chi connectivity index (χ1v) is 7.84. The summed E-state index contributed by atoms with van der Waals surface area (Å²) in [7, 11) is 2.38. The third-order valence-electron chi connectivity index (χ3n) is 4.39. The van der Waals surface area contributed by atoms with Crippen molar-refractivity contribution in [3.63, 3.8) is 0 Å². The Bertz CT molecular complexity index is 765. The minimum absolute atomic E-state index is 0.165. The maximum atomic E-state index is 13.1. The number of allylic oxidation sites excluding steroid dienone is 2. The zero-order valence-electron chi connectivity index (χ0n) is 14.9. The predicted octanol–water partition coefficient (Wildman–Crippen LogP) is 4.17. The maximum Gasteiger partial charge on any atom is 0.416 e. The zero-order valence-corrected chi connectivity index (χ0v) is 14.9. The van der Waals surface area contributed by atoms with Gasteiger partial charge in [-0.05, 0) is 31.9 Å². The Kier molecular flexibility index (Phi) is 5.59. The van der Waals surface area contributed by atoms with E-state index in [-0.39, 0.29) is 16.7 Å². The largest absolute Gasteiger partial charge is 0.466 e. The summed E-state index contributed by atoms with van der Waals surface area (Å²) in [5, 5.41) is 0. The normalized spacial score (nSPS) is 16.0. The van der Waals surface area contributed by atoms with E-state index in [1.165, 1.54) is 26.4 Å². The average Bonchev–Trinajstić information content (AvgIpc) is 2.59. The van der Waals surface area contributed by atoms with Gasteiger partial charge >= 0.3 is 18.1 Å². The van der Waals surface area contributed by atoms with Crippen molar-refractivity contribution in [3.8, 4) is 0 Å². The first-order valence-electron chi connectivity index (χ1n) is 7.84. The molecule has 0 aliphatic heterocycles. The lowest BCUT2D eigenvalue weighted by molar-refractivity contribution is -0.138. The van der Waals surface area contributed by atoms with Crippen molar-refractivity contribution >= 4 is 11.9 Å². The second-order valence-electron chi connectivity index (χ2n) is 6.10. The third kappa shape index (κ3) is 3.66. The number of carbonyl (C=O) groups excluding carboxylic acids is 2. The van der Waals surface area contributed by atoms with Gasteiger partial charge in [-0.15, -0.1) is 0 Å². The number of hydrogen-bond donors (Lipinski definition) is 0. The molecule has 0 N–H and O–H groups in total.